The number of fused-ring (bicyclic) bond motifs is 2. The van der Waals surface area contributed by atoms with Gasteiger partial charge in [-0.1, -0.05) is 18.2 Å². The maximum atomic E-state index is 14.0. The van der Waals surface area contributed by atoms with Crippen LogP contribution in [0.25, 0.3) is 0 Å². The molecule has 2 bridgehead atoms. The van der Waals surface area contributed by atoms with Gasteiger partial charge in [-0.2, -0.15) is 0 Å². The lowest BCUT2D eigenvalue weighted by atomic mass is 9.78. The number of esters is 1. The van der Waals surface area contributed by atoms with E-state index in [1.807, 2.05) is 19.0 Å². The number of likely N-dealkylation sites (N-methyl/N-ethyl adjacent to an activating group) is 1. The number of hydrogen-bond acceptors (Lipinski definition) is 6. The quantitative estimate of drug-likeness (QED) is 0.374. The third kappa shape index (κ3) is 5.55. The summed E-state index contributed by atoms with van der Waals surface area (Å²) in [6.45, 7) is 0.911. The van der Waals surface area contributed by atoms with Crippen molar-refractivity contribution in [3.05, 3.63) is 88.8 Å². The van der Waals surface area contributed by atoms with Crippen molar-refractivity contribution in [2.45, 2.75) is 24.2 Å². The van der Waals surface area contributed by atoms with Crippen LogP contribution in [-0.4, -0.2) is 68.8 Å². The predicted octanol–water partition coefficient (Wildman–Crippen LogP) is 2.98. The minimum atomic E-state index is -1.53. The van der Waals surface area contributed by atoms with Crippen LogP contribution in [-0.2, 0) is 25.5 Å². The molecule has 0 radical (unpaired) electrons. The van der Waals surface area contributed by atoms with Crippen LogP contribution in [0.2, 0.25) is 0 Å². The van der Waals surface area contributed by atoms with Crippen molar-refractivity contribution >= 4 is 17.6 Å². The molecule has 37 heavy (non-hydrogen) atoms. The van der Waals surface area contributed by atoms with Gasteiger partial charge in [0.05, 0.1) is 24.3 Å². The van der Waals surface area contributed by atoms with Crippen LogP contribution < -0.4 is 10.6 Å². The van der Waals surface area contributed by atoms with E-state index >= 15 is 0 Å². The summed E-state index contributed by atoms with van der Waals surface area (Å²) in [6, 6.07) is 7.88. The molecular weight excluding hydrogens is 487 g/mol. The molecule has 0 saturated carbocycles. The zero-order valence-electron chi connectivity index (χ0n) is 20.7. The fraction of sp³-hybridized carbons (Fsp3) is 0.333. The van der Waals surface area contributed by atoms with E-state index in [1.54, 1.807) is 18.2 Å². The molecule has 0 aliphatic carbocycles. The number of ether oxygens (including phenoxy) is 2. The highest BCUT2D eigenvalue weighted by Crippen LogP contribution is 2.47. The van der Waals surface area contributed by atoms with Crippen LogP contribution >= 0.6 is 0 Å². The van der Waals surface area contributed by atoms with E-state index in [1.165, 1.54) is 25.3 Å². The Labute approximate surface area is 212 Å². The standard InChI is InChI=1S/C27H28F3N3O4/c1-33(2)10-9-31-25(34)23-21-7-8-27(37-21,24(23)26(35)36-3)22(12-16-5-4-6-17(28)11-16)32-20-14-18(29)13-19(30)15-20/h4-8,11,13-15,21-22,32H,9-10,12H2,1-3H3,(H,31,34). The van der Waals surface area contributed by atoms with Gasteiger partial charge in [0.25, 0.3) is 5.91 Å². The van der Waals surface area contributed by atoms with Crippen molar-refractivity contribution in [3.63, 3.8) is 0 Å². The zero-order valence-corrected chi connectivity index (χ0v) is 20.7. The van der Waals surface area contributed by atoms with Gasteiger partial charge in [0.2, 0.25) is 0 Å². The average molecular weight is 516 g/mol. The molecule has 10 heteroatoms. The summed E-state index contributed by atoms with van der Waals surface area (Å²) in [5.74, 6) is -3.34. The topological polar surface area (TPSA) is 79.9 Å². The van der Waals surface area contributed by atoms with E-state index in [-0.39, 0.29) is 23.3 Å². The van der Waals surface area contributed by atoms with Crippen molar-refractivity contribution in [2.24, 2.45) is 0 Å². The minimum absolute atomic E-state index is 0.0179. The number of rotatable bonds is 10. The zero-order chi connectivity index (χ0) is 26.7. The number of halogens is 3. The van der Waals surface area contributed by atoms with Crippen LogP contribution in [0.1, 0.15) is 5.56 Å². The molecular formula is C27H28F3N3O4. The average Bonchev–Trinajstić information content (AvgIpc) is 3.40. The highest BCUT2D eigenvalue weighted by Gasteiger charge is 2.58. The SMILES string of the molecule is COC(=O)C1=C(C(=O)NCCN(C)C)C2C=CC1(C(Cc1cccc(F)c1)Nc1cc(F)cc(F)c1)O2. The number of amides is 1. The fourth-order valence-electron chi connectivity index (χ4n) is 4.69. The largest absolute Gasteiger partial charge is 0.466 e. The maximum Gasteiger partial charge on any atom is 0.337 e. The highest BCUT2D eigenvalue weighted by molar-refractivity contribution is 6.07. The van der Waals surface area contributed by atoms with Gasteiger partial charge in [-0.05, 0) is 56.4 Å². The number of benzene rings is 2. The Morgan fingerprint density at radius 1 is 1.11 bits per heavy atom. The molecule has 0 saturated heterocycles. The third-order valence-corrected chi connectivity index (χ3v) is 6.31. The van der Waals surface area contributed by atoms with Crippen molar-refractivity contribution in [2.75, 3.05) is 39.6 Å². The number of nitrogens with zero attached hydrogens (tertiary/aromatic N) is 1. The molecule has 0 spiro atoms. The molecule has 7 nitrogen and oxygen atoms in total. The molecule has 0 fully saturated rings. The molecule has 3 atom stereocenters. The van der Waals surface area contributed by atoms with Gasteiger partial charge >= 0.3 is 5.97 Å². The van der Waals surface area contributed by atoms with Gasteiger partial charge in [0.1, 0.15) is 29.2 Å². The smallest absolute Gasteiger partial charge is 0.337 e. The van der Waals surface area contributed by atoms with Crippen LogP contribution in [0, 0.1) is 17.5 Å². The van der Waals surface area contributed by atoms with Crippen LogP contribution in [0.5, 0.6) is 0 Å². The Balaban J connectivity index is 1.78. The van der Waals surface area contributed by atoms with Gasteiger partial charge in [-0.15, -0.1) is 0 Å². The molecule has 196 valence electrons. The van der Waals surface area contributed by atoms with Gasteiger partial charge in [-0.25, -0.2) is 18.0 Å². The molecule has 2 aromatic rings. The summed E-state index contributed by atoms with van der Waals surface area (Å²) in [7, 11) is 4.92. The molecule has 2 aromatic carbocycles. The summed E-state index contributed by atoms with van der Waals surface area (Å²) in [5, 5.41) is 5.85. The van der Waals surface area contributed by atoms with Crippen LogP contribution in [0.3, 0.4) is 0 Å². The molecule has 0 aromatic heterocycles. The van der Waals surface area contributed by atoms with Crippen molar-refractivity contribution in [1.82, 2.24) is 10.2 Å². The molecule has 1 amide bonds. The van der Waals surface area contributed by atoms with E-state index in [4.69, 9.17) is 9.47 Å². The Bertz CT molecular complexity index is 1240. The molecule has 2 heterocycles. The number of carbonyl (C=O) groups is 2. The summed E-state index contributed by atoms with van der Waals surface area (Å²) < 4.78 is 53.3. The second kappa shape index (κ2) is 10.8. The van der Waals surface area contributed by atoms with Gasteiger partial charge in [0, 0.05) is 24.8 Å². The summed E-state index contributed by atoms with van der Waals surface area (Å²) >= 11 is 0. The molecule has 2 N–H and O–H groups in total. The maximum absolute atomic E-state index is 14.0. The lowest BCUT2D eigenvalue weighted by molar-refractivity contribution is -0.138. The second-order valence-corrected chi connectivity index (χ2v) is 9.22. The Morgan fingerprint density at radius 3 is 2.49 bits per heavy atom. The van der Waals surface area contributed by atoms with E-state index in [9.17, 15) is 22.8 Å². The number of methoxy groups -OCH3 is 1. The molecule has 3 unspecified atom stereocenters. The fourth-order valence-corrected chi connectivity index (χ4v) is 4.69. The van der Waals surface area contributed by atoms with Crippen molar-refractivity contribution < 1.29 is 32.2 Å². The summed E-state index contributed by atoms with van der Waals surface area (Å²) in [4.78, 5) is 28.2. The first-order valence-electron chi connectivity index (χ1n) is 11.7. The number of carbonyl (C=O) groups excluding carboxylic acids is 2. The van der Waals surface area contributed by atoms with Crippen molar-refractivity contribution in [3.8, 4) is 0 Å². The molecule has 4 rings (SSSR count). The van der Waals surface area contributed by atoms with Crippen LogP contribution in [0.4, 0.5) is 18.9 Å². The Morgan fingerprint density at radius 2 is 1.84 bits per heavy atom. The summed E-state index contributed by atoms with van der Waals surface area (Å²) in [5.41, 5.74) is -0.819. The van der Waals surface area contributed by atoms with Gasteiger partial charge in [0.15, 0.2) is 0 Å². The lowest BCUT2D eigenvalue weighted by Gasteiger charge is -2.36. The Kier molecular flexibility index (Phi) is 7.70. The Hall–Kier alpha value is -3.63. The first-order chi connectivity index (χ1) is 17.6. The van der Waals surface area contributed by atoms with Gasteiger partial charge in [-0.3, -0.25) is 4.79 Å². The lowest BCUT2D eigenvalue weighted by Crippen LogP contribution is -2.49. The van der Waals surface area contributed by atoms with Crippen LogP contribution in [0.15, 0.2) is 65.8 Å². The normalized spacial score (nSPS) is 20.9. The van der Waals surface area contributed by atoms with E-state index in [2.05, 4.69) is 10.6 Å². The number of anilines is 1. The first kappa shape index (κ1) is 26.4. The highest BCUT2D eigenvalue weighted by atomic mass is 19.1. The minimum Gasteiger partial charge on any atom is -0.466 e. The summed E-state index contributed by atoms with van der Waals surface area (Å²) in [6.07, 6.45) is 2.53. The number of hydrogen-bond donors (Lipinski definition) is 2. The number of nitrogens with one attached hydrogen (secondary N) is 2. The second-order valence-electron chi connectivity index (χ2n) is 9.22. The molecule has 2 aliphatic heterocycles. The molecule has 2 aliphatic rings. The van der Waals surface area contributed by atoms with Crippen molar-refractivity contribution in [1.29, 1.82) is 0 Å². The first-order valence-corrected chi connectivity index (χ1v) is 11.7. The predicted molar refractivity (Wildman–Crippen MR) is 131 cm³/mol. The van der Waals surface area contributed by atoms with E-state index in [0.29, 0.717) is 18.7 Å². The monoisotopic (exact) mass is 515 g/mol. The third-order valence-electron chi connectivity index (χ3n) is 6.31. The van der Waals surface area contributed by atoms with Gasteiger partial charge < -0.3 is 25.0 Å². The van der Waals surface area contributed by atoms with E-state index in [0.717, 1.165) is 18.2 Å². The van der Waals surface area contributed by atoms with E-state index < -0.39 is 47.1 Å².